The summed E-state index contributed by atoms with van der Waals surface area (Å²) in [6.45, 7) is 1.64. The molecule has 1 aromatic heterocycles. The van der Waals surface area contributed by atoms with Crippen molar-refractivity contribution in [3.05, 3.63) is 95.7 Å². The van der Waals surface area contributed by atoms with Crippen molar-refractivity contribution in [2.45, 2.75) is 19.4 Å². The predicted octanol–water partition coefficient (Wildman–Crippen LogP) is 5.36. The van der Waals surface area contributed by atoms with Gasteiger partial charge < -0.3 is 19.6 Å². The highest BCUT2D eigenvalue weighted by atomic mass is 16.5. The molecule has 0 fully saturated rings. The quantitative estimate of drug-likeness (QED) is 0.417. The number of carbonyl (C=O) groups is 1. The van der Waals surface area contributed by atoms with Crippen molar-refractivity contribution in [3.8, 4) is 11.5 Å². The zero-order valence-electron chi connectivity index (χ0n) is 16.7. The van der Waals surface area contributed by atoms with E-state index in [1.807, 2.05) is 72.8 Å². The number of aromatic amines is 1. The zero-order chi connectivity index (χ0) is 20.9. The maximum Gasteiger partial charge on any atom is 0.341 e. The third kappa shape index (κ3) is 4.01. The van der Waals surface area contributed by atoms with Crippen LogP contribution in [-0.2, 0) is 11.2 Å². The number of benzene rings is 3. The molecule has 0 radical (unpaired) electrons. The number of rotatable bonds is 8. The average Bonchev–Trinajstić information content (AvgIpc) is 3.15. The Morgan fingerprint density at radius 2 is 1.57 bits per heavy atom. The molecule has 5 nitrogen and oxygen atoms in total. The van der Waals surface area contributed by atoms with Gasteiger partial charge >= 0.3 is 5.97 Å². The molecule has 0 unspecified atom stereocenters. The molecule has 1 heterocycles. The fourth-order valence-corrected chi connectivity index (χ4v) is 3.58. The lowest BCUT2D eigenvalue weighted by atomic mass is 10.0. The summed E-state index contributed by atoms with van der Waals surface area (Å²) in [6.07, 6.45) is 0.419. The van der Waals surface area contributed by atoms with Gasteiger partial charge in [0.1, 0.15) is 11.9 Å². The van der Waals surface area contributed by atoms with Gasteiger partial charge in [0.05, 0.1) is 16.6 Å². The normalized spacial score (nSPS) is 11.0. The second-order valence-corrected chi connectivity index (χ2v) is 6.97. The molecule has 0 aliphatic carbocycles. The third-order valence-corrected chi connectivity index (χ3v) is 4.96. The van der Waals surface area contributed by atoms with Crippen LogP contribution in [0.1, 0.15) is 29.8 Å². The van der Waals surface area contributed by atoms with E-state index in [0.29, 0.717) is 11.5 Å². The van der Waals surface area contributed by atoms with Crippen molar-refractivity contribution >= 4 is 16.9 Å². The largest absolute Gasteiger partial charge is 0.481 e. The lowest BCUT2D eigenvalue weighted by Crippen LogP contribution is -2.11. The number of carboxylic acids is 1. The number of ether oxygens (including phenoxy) is 2. The fourth-order valence-electron chi connectivity index (χ4n) is 3.58. The standard InChI is InChI=1S/C25H23NO4/c1-2-19-25(23-20(26-19)14-9-15-21(23)29-16-22(27)28)30-24(17-10-5-3-6-11-17)18-12-7-4-8-13-18/h3-15,24,26H,2,16H2,1H3,(H,27,28). The highest BCUT2D eigenvalue weighted by molar-refractivity contribution is 5.93. The maximum atomic E-state index is 11.0. The van der Waals surface area contributed by atoms with Gasteiger partial charge in [-0.2, -0.15) is 0 Å². The molecule has 4 rings (SSSR count). The van der Waals surface area contributed by atoms with Gasteiger partial charge in [0, 0.05) is 0 Å². The van der Waals surface area contributed by atoms with Crippen LogP contribution in [0.4, 0.5) is 0 Å². The summed E-state index contributed by atoms with van der Waals surface area (Å²) in [7, 11) is 0. The van der Waals surface area contributed by atoms with Gasteiger partial charge in [-0.25, -0.2) is 4.79 Å². The van der Waals surface area contributed by atoms with Crippen LogP contribution in [0.2, 0.25) is 0 Å². The molecule has 0 spiro atoms. The van der Waals surface area contributed by atoms with Gasteiger partial charge in [0.25, 0.3) is 0 Å². The Bertz CT molecular complexity index is 1100. The van der Waals surface area contributed by atoms with Gasteiger partial charge in [-0.15, -0.1) is 0 Å². The Labute approximate surface area is 174 Å². The zero-order valence-corrected chi connectivity index (χ0v) is 16.7. The SMILES string of the molecule is CCc1[nH]c2cccc(OCC(=O)O)c2c1OC(c1ccccc1)c1ccccc1. The van der Waals surface area contributed by atoms with E-state index in [1.54, 1.807) is 6.07 Å². The molecule has 4 aromatic rings. The maximum absolute atomic E-state index is 11.0. The number of carboxylic acid groups (broad SMARTS) is 1. The number of H-pyrrole nitrogens is 1. The van der Waals surface area contributed by atoms with Crippen LogP contribution >= 0.6 is 0 Å². The van der Waals surface area contributed by atoms with E-state index in [4.69, 9.17) is 14.6 Å². The molecule has 0 aliphatic rings. The van der Waals surface area contributed by atoms with Crippen molar-refractivity contribution in [2.24, 2.45) is 0 Å². The highest BCUT2D eigenvalue weighted by Crippen LogP contribution is 2.41. The molecule has 0 amide bonds. The van der Waals surface area contributed by atoms with E-state index in [2.05, 4.69) is 11.9 Å². The second kappa shape index (κ2) is 8.74. The number of aromatic nitrogens is 1. The summed E-state index contributed by atoms with van der Waals surface area (Å²) >= 11 is 0. The van der Waals surface area contributed by atoms with Crippen molar-refractivity contribution in [2.75, 3.05) is 6.61 Å². The van der Waals surface area contributed by atoms with Crippen molar-refractivity contribution in [3.63, 3.8) is 0 Å². The van der Waals surface area contributed by atoms with Gasteiger partial charge in [-0.3, -0.25) is 0 Å². The van der Waals surface area contributed by atoms with Gasteiger partial charge in [0.2, 0.25) is 0 Å². The molecule has 30 heavy (non-hydrogen) atoms. The molecule has 0 atom stereocenters. The molecular weight excluding hydrogens is 378 g/mol. The summed E-state index contributed by atoms with van der Waals surface area (Å²) in [5.74, 6) is 0.152. The number of aryl methyl sites for hydroxylation is 1. The third-order valence-electron chi connectivity index (χ3n) is 4.96. The number of aliphatic carboxylic acids is 1. The van der Waals surface area contributed by atoms with E-state index in [-0.39, 0.29) is 6.10 Å². The Morgan fingerprint density at radius 3 is 2.13 bits per heavy atom. The van der Waals surface area contributed by atoms with E-state index in [0.717, 1.165) is 34.1 Å². The van der Waals surface area contributed by atoms with Crippen LogP contribution in [0.25, 0.3) is 10.9 Å². The highest BCUT2D eigenvalue weighted by Gasteiger charge is 2.22. The minimum Gasteiger partial charge on any atom is -0.481 e. The van der Waals surface area contributed by atoms with Crippen molar-refractivity contribution < 1.29 is 19.4 Å². The summed E-state index contributed by atoms with van der Waals surface area (Å²) < 4.78 is 12.2. The minimum atomic E-state index is -1.02. The molecule has 0 aliphatic heterocycles. The van der Waals surface area contributed by atoms with E-state index >= 15 is 0 Å². The van der Waals surface area contributed by atoms with E-state index in [9.17, 15) is 4.79 Å². The first kappa shape index (κ1) is 19.6. The summed E-state index contributed by atoms with van der Waals surface area (Å²) in [5, 5.41) is 9.80. The lowest BCUT2D eigenvalue weighted by Gasteiger charge is -2.21. The van der Waals surface area contributed by atoms with Crippen LogP contribution in [0.15, 0.2) is 78.9 Å². The van der Waals surface area contributed by atoms with Gasteiger partial charge in [0.15, 0.2) is 12.4 Å². The van der Waals surface area contributed by atoms with Crippen LogP contribution in [0, 0.1) is 0 Å². The van der Waals surface area contributed by atoms with E-state index < -0.39 is 12.6 Å². The molecule has 2 N–H and O–H groups in total. The van der Waals surface area contributed by atoms with E-state index in [1.165, 1.54) is 0 Å². The molecule has 0 bridgehead atoms. The van der Waals surface area contributed by atoms with Crippen molar-refractivity contribution in [1.29, 1.82) is 0 Å². The molecule has 152 valence electrons. The smallest absolute Gasteiger partial charge is 0.341 e. The number of fused-ring (bicyclic) bond motifs is 1. The lowest BCUT2D eigenvalue weighted by molar-refractivity contribution is -0.139. The molecule has 0 saturated heterocycles. The van der Waals surface area contributed by atoms with Crippen molar-refractivity contribution in [1.82, 2.24) is 4.98 Å². The summed E-state index contributed by atoms with van der Waals surface area (Å²) in [5.41, 5.74) is 3.85. The monoisotopic (exact) mass is 401 g/mol. The summed E-state index contributed by atoms with van der Waals surface area (Å²) in [6, 6.07) is 25.6. The predicted molar refractivity (Wildman–Crippen MR) is 116 cm³/mol. The van der Waals surface area contributed by atoms with Crippen LogP contribution < -0.4 is 9.47 Å². The topological polar surface area (TPSA) is 71.6 Å². The average molecular weight is 401 g/mol. The van der Waals surface area contributed by atoms with Crippen LogP contribution in [-0.4, -0.2) is 22.7 Å². The summed E-state index contributed by atoms with van der Waals surface area (Å²) in [4.78, 5) is 14.4. The van der Waals surface area contributed by atoms with Gasteiger partial charge in [-0.1, -0.05) is 73.7 Å². The number of hydrogen-bond donors (Lipinski definition) is 2. The molecule has 3 aromatic carbocycles. The van der Waals surface area contributed by atoms with Crippen LogP contribution in [0.3, 0.4) is 0 Å². The number of nitrogens with one attached hydrogen (secondary N) is 1. The van der Waals surface area contributed by atoms with Crippen LogP contribution in [0.5, 0.6) is 11.5 Å². The minimum absolute atomic E-state index is 0.316. The molecule has 0 saturated carbocycles. The Kier molecular flexibility index (Phi) is 5.70. The first-order valence-electron chi connectivity index (χ1n) is 9.92. The molecule has 5 heteroatoms. The molecular formula is C25H23NO4. The Morgan fingerprint density at radius 1 is 0.933 bits per heavy atom. The second-order valence-electron chi connectivity index (χ2n) is 6.97. The first-order valence-corrected chi connectivity index (χ1v) is 9.92. The first-order chi connectivity index (χ1) is 14.7. The van der Waals surface area contributed by atoms with Gasteiger partial charge in [-0.05, 0) is 29.7 Å². The fraction of sp³-hybridized carbons (Fsp3) is 0.160. The Balaban J connectivity index is 1.83. The number of hydrogen-bond acceptors (Lipinski definition) is 3. The Hall–Kier alpha value is -3.73.